The van der Waals surface area contributed by atoms with E-state index in [1.54, 1.807) is 47.6 Å². The fraction of sp³-hybridized carbons (Fsp3) is 0.211. The molecular weight excluding hydrogens is 321 g/mol. The number of rotatable bonds is 2. The van der Waals surface area contributed by atoms with Gasteiger partial charge >= 0.3 is 0 Å². The molecule has 2 heterocycles. The molecule has 5 nitrogen and oxygen atoms in total. The van der Waals surface area contributed by atoms with E-state index in [1.165, 1.54) is 12.1 Å². The van der Waals surface area contributed by atoms with Crippen molar-refractivity contribution in [3.05, 3.63) is 71.8 Å². The van der Waals surface area contributed by atoms with Gasteiger partial charge in [0.25, 0.3) is 5.91 Å². The normalized spacial score (nSPS) is 20.2. The minimum Gasteiger partial charge on any atom is -0.391 e. The maximum absolute atomic E-state index is 13.2. The van der Waals surface area contributed by atoms with Gasteiger partial charge in [-0.1, -0.05) is 18.2 Å². The highest BCUT2D eigenvalue weighted by Gasteiger charge is 2.36. The molecule has 6 heteroatoms. The lowest BCUT2D eigenvalue weighted by molar-refractivity contribution is 0.0717. The Labute approximate surface area is 143 Å². The van der Waals surface area contributed by atoms with Crippen LogP contribution in [-0.4, -0.2) is 38.5 Å². The standard InChI is InChI=1S/C19H16FN3O2/c20-13-6-4-12(5-7-13)17-10-14(24)11-23(17)19(25)15-2-1-3-16-18(15)22-9-8-21-16/h1-9,14,17,24H,10-11H2. The SMILES string of the molecule is O=C(c1cccc2nccnc12)N1CC(O)CC1c1ccc(F)cc1. The Morgan fingerprint density at radius 2 is 1.88 bits per heavy atom. The minimum atomic E-state index is -0.611. The summed E-state index contributed by atoms with van der Waals surface area (Å²) in [4.78, 5) is 23.3. The van der Waals surface area contributed by atoms with Crippen molar-refractivity contribution in [2.75, 3.05) is 6.54 Å². The van der Waals surface area contributed by atoms with Crippen LogP contribution in [0, 0.1) is 5.82 Å². The lowest BCUT2D eigenvalue weighted by Crippen LogP contribution is -2.32. The molecule has 2 atom stereocenters. The van der Waals surface area contributed by atoms with Crippen LogP contribution in [0.1, 0.15) is 28.4 Å². The predicted octanol–water partition coefficient (Wildman–Crippen LogP) is 2.72. The van der Waals surface area contributed by atoms with Crippen LogP contribution in [-0.2, 0) is 0 Å². The second-order valence-corrected chi connectivity index (χ2v) is 6.14. The number of hydrogen-bond acceptors (Lipinski definition) is 4. The monoisotopic (exact) mass is 337 g/mol. The first-order valence-electron chi connectivity index (χ1n) is 8.08. The summed E-state index contributed by atoms with van der Waals surface area (Å²) in [6.45, 7) is 0.234. The molecule has 3 aromatic rings. The summed E-state index contributed by atoms with van der Waals surface area (Å²) >= 11 is 0. The highest BCUT2D eigenvalue weighted by atomic mass is 19.1. The van der Waals surface area contributed by atoms with E-state index in [-0.39, 0.29) is 24.3 Å². The Bertz CT molecular complexity index is 924. The number of aliphatic hydroxyl groups excluding tert-OH is 1. The third kappa shape index (κ3) is 2.85. The van der Waals surface area contributed by atoms with Crippen molar-refractivity contribution in [3.63, 3.8) is 0 Å². The molecule has 0 bridgehead atoms. The lowest BCUT2D eigenvalue weighted by Gasteiger charge is -2.25. The summed E-state index contributed by atoms with van der Waals surface area (Å²) in [5.74, 6) is -0.540. The topological polar surface area (TPSA) is 66.3 Å². The van der Waals surface area contributed by atoms with Gasteiger partial charge in [0.2, 0.25) is 0 Å². The number of nitrogens with zero attached hydrogens (tertiary/aromatic N) is 3. The van der Waals surface area contributed by atoms with Gasteiger partial charge < -0.3 is 10.0 Å². The molecule has 0 saturated carbocycles. The van der Waals surface area contributed by atoms with Gasteiger partial charge in [-0.25, -0.2) is 4.39 Å². The number of aromatic nitrogens is 2. The molecule has 4 rings (SSSR count). The fourth-order valence-corrected chi connectivity index (χ4v) is 3.36. The first-order chi connectivity index (χ1) is 12.1. The second-order valence-electron chi connectivity index (χ2n) is 6.14. The van der Waals surface area contributed by atoms with Crippen LogP contribution < -0.4 is 0 Å². The van der Waals surface area contributed by atoms with Gasteiger partial charge in [-0.2, -0.15) is 0 Å². The summed E-state index contributed by atoms with van der Waals surface area (Å²) in [5, 5.41) is 10.1. The van der Waals surface area contributed by atoms with Crippen LogP contribution in [0.2, 0.25) is 0 Å². The number of para-hydroxylation sites is 1. The molecule has 1 aliphatic heterocycles. The van der Waals surface area contributed by atoms with E-state index >= 15 is 0 Å². The smallest absolute Gasteiger partial charge is 0.256 e. The molecule has 0 aliphatic carbocycles. The minimum absolute atomic E-state index is 0.211. The van der Waals surface area contributed by atoms with Crippen molar-refractivity contribution in [3.8, 4) is 0 Å². The fourth-order valence-electron chi connectivity index (χ4n) is 3.36. The van der Waals surface area contributed by atoms with Crippen molar-refractivity contribution < 1.29 is 14.3 Å². The van der Waals surface area contributed by atoms with E-state index in [9.17, 15) is 14.3 Å². The highest BCUT2D eigenvalue weighted by Crippen LogP contribution is 2.34. The van der Waals surface area contributed by atoms with E-state index in [2.05, 4.69) is 9.97 Å². The zero-order valence-corrected chi connectivity index (χ0v) is 13.3. The zero-order chi connectivity index (χ0) is 17.4. The van der Waals surface area contributed by atoms with Gasteiger partial charge in [0.15, 0.2) is 0 Å². The van der Waals surface area contributed by atoms with Crippen LogP contribution in [0.25, 0.3) is 11.0 Å². The highest BCUT2D eigenvalue weighted by molar-refractivity contribution is 6.04. The molecule has 2 unspecified atom stereocenters. The Morgan fingerprint density at radius 3 is 2.68 bits per heavy atom. The van der Waals surface area contributed by atoms with E-state index in [0.717, 1.165) is 5.56 Å². The molecule has 0 radical (unpaired) electrons. The summed E-state index contributed by atoms with van der Waals surface area (Å²) < 4.78 is 13.2. The Balaban J connectivity index is 1.73. The summed E-state index contributed by atoms with van der Waals surface area (Å²) in [7, 11) is 0. The number of carbonyl (C=O) groups is 1. The number of carbonyl (C=O) groups excluding carboxylic acids is 1. The second kappa shape index (κ2) is 6.22. The molecule has 1 aromatic heterocycles. The third-order valence-corrected chi connectivity index (χ3v) is 4.52. The number of halogens is 1. The number of amides is 1. The number of likely N-dealkylation sites (tertiary alicyclic amines) is 1. The average Bonchev–Trinajstić information content (AvgIpc) is 3.03. The van der Waals surface area contributed by atoms with Crippen molar-refractivity contribution in [1.82, 2.24) is 14.9 Å². The van der Waals surface area contributed by atoms with Crippen LogP contribution >= 0.6 is 0 Å². The molecule has 25 heavy (non-hydrogen) atoms. The van der Waals surface area contributed by atoms with Crippen LogP contribution in [0.4, 0.5) is 4.39 Å². The third-order valence-electron chi connectivity index (χ3n) is 4.52. The number of hydrogen-bond donors (Lipinski definition) is 1. The summed E-state index contributed by atoms with van der Waals surface area (Å²) in [6.07, 6.45) is 2.95. The maximum atomic E-state index is 13.2. The molecular formula is C19H16FN3O2. The Morgan fingerprint density at radius 1 is 1.12 bits per heavy atom. The average molecular weight is 337 g/mol. The van der Waals surface area contributed by atoms with E-state index in [4.69, 9.17) is 0 Å². The van der Waals surface area contributed by atoms with Crippen molar-refractivity contribution in [1.29, 1.82) is 0 Å². The van der Waals surface area contributed by atoms with Crippen molar-refractivity contribution >= 4 is 16.9 Å². The van der Waals surface area contributed by atoms with Gasteiger partial charge in [-0.3, -0.25) is 14.8 Å². The van der Waals surface area contributed by atoms with Crippen molar-refractivity contribution in [2.24, 2.45) is 0 Å². The van der Waals surface area contributed by atoms with Gasteiger partial charge in [-0.15, -0.1) is 0 Å². The first kappa shape index (κ1) is 15.7. The molecule has 1 N–H and O–H groups in total. The maximum Gasteiger partial charge on any atom is 0.256 e. The summed E-state index contributed by atoms with van der Waals surface area (Å²) in [6, 6.07) is 11.0. The number of benzene rings is 2. The Hall–Kier alpha value is -2.86. The largest absolute Gasteiger partial charge is 0.391 e. The van der Waals surface area contributed by atoms with Gasteiger partial charge in [0.05, 0.1) is 23.2 Å². The molecule has 126 valence electrons. The van der Waals surface area contributed by atoms with Crippen LogP contribution in [0.5, 0.6) is 0 Å². The molecule has 1 aliphatic rings. The number of aliphatic hydroxyl groups is 1. The quantitative estimate of drug-likeness (QED) is 0.781. The van der Waals surface area contributed by atoms with Gasteiger partial charge in [0.1, 0.15) is 11.3 Å². The van der Waals surface area contributed by atoms with Gasteiger partial charge in [-0.05, 0) is 36.2 Å². The molecule has 1 saturated heterocycles. The molecule has 1 amide bonds. The number of fused-ring (bicyclic) bond motifs is 1. The summed E-state index contributed by atoms with van der Waals surface area (Å²) in [5.41, 5.74) is 2.44. The molecule has 2 aromatic carbocycles. The van der Waals surface area contributed by atoms with Crippen LogP contribution in [0.15, 0.2) is 54.9 Å². The zero-order valence-electron chi connectivity index (χ0n) is 13.3. The van der Waals surface area contributed by atoms with E-state index in [1.807, 2.05) is 0 Å². The molecule has 1 fully saturated rings. The number of β-amino-alcohol motifs (C(OH)–C–C–N with tert-alkyl or cyclic N) is 1. The Kier molecular flexibility index (Phi) is 3.89. The van der Waals surface area contributed by atoms with Gasteiger partial charge in [0, 0.05) is 18.9 Å². The van der Waals surface area contributed by atoms with Crippen LogP contribution in [0.3, 0.4) is 0 Å². The molecule has 0 spiro atoms. The lowest BCUT2D eigenvalue weighted by atomic mass is 10.0. The van der Waals surface area contributed by atoms with Crippen molar-refractivity contribution in [2.45, 2.75) is 18.6 Å². The van der Waals surface area contributed by atoms with E-state index in [0.29, 0.717) is 23.0 Å². The predicted molar refractivity (Wildman–Crippen MR) is 90.3 cm³/mol. The first-order valence-corrected chi connectivity index (χ1v) is 8.08. The van der Waals surface area contributed by atoms with E-state index < -0.39 is 6.10 Å².